The van der Waals surface area contributed by atoms with Crippen LogP contribution in [0.25, 0.3) is 0 Å². The Balaban J connectivity index is 1.90. The molecule has 3 N–H and O–H groups in total. The van der Waals surface area contributed by atoms with Gasteiger partial charge in [0, 0.05) is 10.7 Å². The molecule has 0 atom stereocenters. The number of benzene rings is 2. The molecular formula is C17H13Cl2N3O4S. The van der Waals surface area contributed by atoms with E-state index in [4.69, 9.17) is 28.3 Å². The van der Waals surface area contributed by atoms with Gasteiger partial charge in [0.15, 0.2) is 0 Å². The first kappa shape index (κ1) is 19.4. The van der Waals surface area contributed by atoms with Gasteiger partial charge < -0.3 is 5.32 Å². The van der Waals surface area contributed by atoms with Crippen LogP contribution in [0.1, 0.15) is 5.56 Å². The summed E-state index contributed by atoms with van der Waals surface area (Å²) in [6.07, 6.45) is 0. The highest BCUT2D eigenvalue weighted by atomic mass is 35.5. The number of hydrogen-bond acceptors (Lipinski definition) is 5. The van der Waals surface area contributed by atoms with E-state index in [1.54, 1.807) is 25.1 Å². The zero-order valence-corrected chi connectivity index (χ0v) is 16.2. The molecule has 2 amide bonds. The SMILES string of the molecule is Cc1cc(Cl)ccc1N1C(=O)C(Cl)=C(Nc2ccc(S(N)(=O)=O)cc2)C1=O. The fourth-order valence-corrected chi connectivity index (χ4v) is 3.53. The van der Waals surface area contributed by atoms with E-state index in [-0.39, 0.29) is 15.6 Å². The number of nitrogens with zero attached hydrogens (tertiary/aromatic N) is 1. The van der Waals surface area contributed by atoms with Crippen molar-refractivity contribution < 1.29 is 18.0 Å². The Morgan fingerprint density at radius 3 is 2.19 bits per heavy atom. The zero-order chi connectivity index (χ0) is 19.9. The smallest absolute Gasteiger partial charge is 0.283 e. The second-order valence-corrected chi connectivity index (χ2v) is 8.14. The summed E-state index contributed by atoms with van der Waals surface area (Å²) in [4.78, 5) is 26.1. The van der Waals surface area contributed by atoms with E-state index in [1.807, 2.05) is 0 Å². The van der Waals surface area contributed by atoms with Crippen LogP contribution < -0.4 is 15.4 Å². The molecule has 10 heteroatoms. The number of anilines is 2. The number of nitrogens with two attached hydrogens (primary N) is 1. The maximum atomic E-state index is 12.7. The third-order valence-electron chi connectivity index (χ3n) is 3.88. The fraction of sp³-hybridized carbons (Fsp3) is 0.0588. The Morgan fingerprint density at radius 1 is 1.00 bits per heavy atom. The first-order valence-electron chi connectivity index (χ1n) is 7.54. The predicted molar refractivity (Wildman–Crippen MR) is 103 cm³/mol. The van der Waals surface area contributed by atoms with E-state index in [0.29, 0.717) is 22.0 Å². The number of halogens is 2. The molecule has 7 nitrogen and oxygen atoms in total. The van der Waals surface area contributed by atoms with Gasteiger partial charge in [0.05, 0.1) is 10.6 Å². The predicted octanol–water partition coefficient (Wildman–Crippen LogP) is 2.73. The summed E-state index contributed by atoms with van der Waals surface area (Å²) in [5, 5.41) is 8.00. The van der Waals surface area contributed by atoms with E-state index in [1.165, 1.54) is 24.3 Å². The van der Waals surface area contributed by atoms with E-state index >= 15 is 0 Å². The molecule has 27 heavy (non-hydrogen) atoms. The molecular weight excluding hydrogens is 413 g/mol. The number of carbonyl (C=O) groups excluding carboxylic acids is 2. The van der Waals surface area contributed by atoms with Crippen molar-refractivity contribution in [3.63, 3.8) is 0 Å². The van der Waals surface area contributed by atoms with Crippen LogP contribution in [0, 0.1) is 6.92 Å². The van der Waals surface area contributed by atoms with E-state index in [9.17, 15) is 18.0 Å². The number of nitrogens with one attached hydrogen (secondary N) is 1. The normalized spacial score (nSPS) is 14.9. The highest BCUT2D eigenvalue weighted by molar-refractivity contribution is 7.89. The number of rotatable bonds is 4. The van der Waals surface area contributed by atoms with Crippen molar-refractivity contribution >= 4 is 56.4 Å². The minimum atomic E-state index is -3.84. The van der Waals surface area contributed by atoms with Gasteiger partial charge in [-0.25, -0.2) is 18.5 Å². The van der Waals surface area contributed by atoms with Crippen molar-refractivity contribution in [1.82, 2.24) is 0 Å². The van der Waals surface area contributed by atoms with Crippen molar-refractivity contribution in [2.24, 2.45) is 5.14 Å². The maximum Gasteiger partial charge on any atom is 0.283 e. The van der Waals surface area contributed by atoms with Crippen molar-refractivity contribution in [1.29, 1.82) is 0 Å². The molecule has 0 saturated heterocycles. The van der Waals surface area contributed by atoms with Crippen LogP contribution in [0.5, 0.6) is 0 Å². The molecule has 3 rings (SSSR count). The Labute approximate surface area is 165 Å². The Bertz CT molecular complexity index is 1100. The molecule has 0 bridgehead atoms. The van der Waals surface area contributed by atoms with Crippen LogP contribution >= 0.6 is 23.2 Å². The average molecular weight is 426 g/mol. The van der Waals surface area contributed by atoms with Gasteiger partial charge in [0.2, 0.25) is 10.0 Å². The summed E-state index contributed by atoms with van der Waals surface area (Å²) in [6, 6.07) is 10.1. The van der Waals surface area contributed by atoms with Gasteiger partial charge in [-0.15, -0.1) is 0 Å². The number of aryl methyl sites for hydroxylation is 1. The van der Waals surface area contributed by atoms with Gasteiger partial charge in [-0.1, -0.05) is 23.2 Å². The molecule has 140 valence electrons. The Kier molecular flexibility index (Phi) is 5.00. The topological polar surface area (TPSA) is 110 Å². The Hall–Kier alpha value is -2.39. The lowest BCUT2D eigenvalue weighted by atomic mass is 10.2. The van der Waals surface area contributed by atoms with Crippen LogP contribution in [0.15, 0.2) is 58.1 Å². The molecule has 0 aliphatic carbocycles. The van der Waals surface area contributed by atoms with Gasteiger partial charge in [-0.05, 0) is 55.0 Å². The second-order valence-electron chi connectivity index (χ2n) is 5.76. The highest BCUT2D eigenvalue weighted by Crippen LogP contribution is 2.33. The number of amides is 2. The van der Waals surface area contributed by atoms with Crippen molar-refractivity contribution in [2.45, 2.75) is 11.8 Å². The lowest BCUT2D eigenvalue weighted by molar-refractivity contribution is -0.120. The summed E-state index contributed by atoms with van der Waals surface area (Å²) < 4.78 is 22.6. The van der Waals surface area contributed by atoms with Crippen LogP contribution in [-0.4, -0.2) is 20.2 Å². The minimum Gasteiger partial charge on any atom is -0.350 e. The maximum absolute atomic E-state index is 12.7. The summed E-state index contributed by atoms with van der Waals surface area (Å²) in [5.41, 5.74) is 1.26. The fourth-order valence-electron chi connectivity index (χ4n) is 2.57. The van der Waals surface area contributed by atoms with Crippen LogP contribution in [0.4, 0.5) is 11.4 Å². The van der Waals surface area contributed by atoms with Crippen molar-refractivity contribution in [2.75, 3.05) is 10.2 Å². The number of primary sulfonamides is 1. The molecule has 0 radical (unpaired) electrons. The number of imide groups is 1. The summed E-state index contributed by atoms with van der Waals surface area (Å²) in [5.74, 6) is -1.30. The highest BCUT2D eigenvalue weighted by Gasteiger charge is 2.39. The second kappa shape index (κ2) is 6.97. The quantitative estimate of drug-likeness (QED) is 0.731. The minimum absolute atomic E-state index is 0.0830. The largest absolute Gasteiger partial charge is 0.350 e. The van der Waals surface area contributed by atoms with Gasteiger partial charge in [-0.2, -0.15) is 0 Å². The monoisotopic (exact) mass is 425 g/mol. The third-order valence-corrected chi connectivity index (χ3v) is 5.39. The van der Waals surface area contributed by atoms with Gasteiger partial charge in [0.25, 0.3) is 11.8 Å². The van der Waals surface area contributed by atoms with Crippen LogP contribution in [0.2, 0.25) is 5.02 Å². The first-order valence-corrected chi connectivity index (χ1v) is 9.84. The van der Waals surface area contributed by atoms with E-state index < -0.39 is 21.8 Å². The number of sulfonamides is 1. The average Bonchev–Trinajstić information content (AvgIpc) is 2.79. The number of carbonyl (C=O) groups is 2. The molecule has 0 aromatic heterocycles. The molecule has 0 fully saturated rings. The molecule has 1 aliphatic rings. The summed E-state index contributed by atoms with van der Waals surface area (Å²) >= 11 is 12.0. The molecule has 0 saturated carbocycles. The van der Waals surface area contributed by atoms with Crippen LogP contribution in [-0.2, 0) is 19.6 Å². The number of hydrogen-bond donors (Lipinski definition) is 2. The van der Waals surface area contributed by atoms with Gasteiger partial charge in [-0.3, -0.25) is 9.59 Å². The van der Waals surface area contributed by atoms with E-state index in [2.05, 4.69) is 5.32 Å². The molecule has 0 unspecified atom stereocenters. The lowest BCUT2D eigenvalue weighted by Gasteiger charge is -2.17. The van der Waals surface area contributed by atoms with Gasteiger partial charge >= 0.3 is 0 Å². The molecule has 1 aliphatic heterocycles. The van der Waals surface area contributed by atoms with Crippen LogP contribution in [0.3, 0.4) is 0 Å². The lowest BCUT2D eigenvalue weighted by Crippen LogP contribution is -2.32. The van der Waals surface area contributed by atoms with E-state index in [0.717, 1.165) is 4.90 Å². The molecule has 2 aromatic carbocycles. The third kappa shape index (κ3) is 3.70. The summed E-state index contributed by atoms with van der Waals surface area (Å²) in [6.45, 7) is 1.72. The van der Waals surface area contributed by atoms with Crippen molar-refractivity contribution in [3.8, 4) is 0 Å². The first-order chi connectivity index (χ1) is 12.6. The summed E-state index contributed by atoms with van der Waals surface area (Å²) in [7, 11) is -3.84. The molecule has 0 spiro atoms. The zero-order valence-electron chi connectivity index (χ0n) is 13.9. The molecule has 1 heterocycles. The molecule has 2 aromatic rings. The van der Waals surface area contributed by atoms with Gasteiger partial charge in [0.1, 0.15) is 10.7 Å². The standard InChI is InChI=1S/C17H13Cl2N3O4S/c1-9-8-10(18)2-7-13(9)22-16(23)14(19)15(17(22)24)21-11-3-5-12(6-4-11)27(20,25)26/h2-8,21H,1H3,(H2,20,25,26). The Morgan fingerprint density at radius 2 is 1.63 bits per heavy atom. The van der Waals surface area contributed by atoms with Crippen molar-refractivity contribution in [3.05, 3.63) is 63.8 Å².